The van der Waals surface area contributed by atoms with Gasteiger partial charge in [0.2, 0.25) is 0 Å². The number of fused-ring (bicyclic) bond motifs is 3. The summed E-state index contributed by atoms with van der Waals surface area (Å²) in [6, 6.07) is 17.9. The molecule has 0 aliphatic rings. The van der Waals surface area contributed by atoms with E-state index in [-0.39, 0.29) is 83.2 Å². The Hall–Kier alpha value is -4.44. The summed E-state index contributed by atoms with van der Waals surface area (Å²) in [5.41, 5.74) is 2.90. The van der Waals surface area contributed by atoms with Crippen LogP contribution >= 0.6 is 0 Å². The van der Waals surface area contributed by atoms with E-state index < -0.39 is 0 Å². The molecule has 0 N–H and O–H groups in total. The largest absolute Gasteiger partial charge is 0.456 e. The summed E-state index contributed by atoms with van der Waals surface area (Å²) in [6.07, 6.45) is 0. The number of benzene rings is 6. The minimum Gasteiger partial charge on any atom is -0.456 e. The van der Waals surface area contributed by atoms with Crippen molar-refractivity contribution < 1.29 is 4.42 Å². The Morgan fingerprint density at radius 3 is 1.26 bits per heavy atom. The summed E-state index contributed by atoms with van der Waals surface area (Å²) in [5.74, 6) is 0.303. The number of aromatic nitrogens is 3. The third kappa shape index (κ3) is 4.19. The molecule has 0 aliphatic carbocycles. The highest BCUT2D eigenvalue weighted by molar-refractivity contribution is 6.70. The molecular weight excluding hydrogens is 563 g/mol. The predicted octanol–water partition coefficient (Wildman–Crippen LogP) is -3.55. The van der Waals surface area contributed by atoms with E-state index in [0.29, 0.717) is 5.56 Å². The lowest BCUT2D eigenvalue weighted by Gasteiger charge is -2.22. The monoisotopic (exact) mass is 573 g/mol. The fourth-order valence-electron chi connectivity index (χ4n) is 6.37. The maximum atomic E-state index is 6.44. The fraction of sp³-hybridized carbons (Fsp3) is 0. The lowest BCUT2D eigenvalue weighted by Crippen LogP contribution is -2.55. The van der Waals surface area contributed by atoms with Crippen molar-refractivity contribution in [1.82, 2.24) is 15.0 Å². The van der Waals surface area contributed by atoms with Crippen LogP contribution < -0.4 is 54.6 Å². The molecule has 0 amide bonds. The van der Waals surface area contributed by atoms with Gasteiger partial charge in [-0.3, -0.25) is 0 Å². The molecule has 6 aromatic carbocycles. The Kier molecular flexibility index (Phi) is 6.71. The van der Waals surface area contributed by atoms with E-state index in [1.807, 2.05) is 42.5 Å². The number of hydrogen-bond donors (Lipinski definition) is 0. The van der Waals surface area contributed by atoms with E-state index in [1.54, 1.807) is 0 Å². The highest BCUT2D eigenvalue weighted by Crippen LogP contribution is 2.43. The van der Waals surface area contributed by atoms with Crippen LogP contribution in [0.4, 0.5) is 0 Å². The van der Waals surface area contributed by atoms with Crippen LogP contribution in [0.2, 0.25) is 0 Å². The van der Waals surface area contributed by atoms with Crippen LogP contribution in [0.3, 0.4) is 0 Å². The van der Waals surface area contributed by atoms with Crippen LogP contribution in [0.25, 0.3) is 77.6 Å². The first-order chi connectivity index (χ1) is 22.5. The Morgan fingerprint density at radius 2 is 0.787 bits per heavy atom. The Bertz CT molecular complexity index is 2510. The molecule has 2 heterocycles. The lowest BCUT2D eigenvalue weighted by molar-refractivity contribution is 0.669. The maximum Gasteiger partial charge on any atom is 0.164 e. The number of nitrogens with zero attached hydrogens (tertiary/aromatic N) is 3. The minimum atomic E-state index is 0.0298. The van der Waals surface area contributed by atoms with Gasteiger partial charge >= 0.3 is 0 Å². The topological polar surface area (TPSA) is 51.8 Å². The molecule has 4 nitrogen and oxygen atoms in total. The smallest absolute Gasteiger partial charge is 0.164 e. The molecule has 14 heteroatoms. The second-order valence-electron chi connectivity index (χ2n) is 11.4. The average Bonchev–Trinajstić information content (AvgIpc) is 3.47. The van der Waals surface area contributed by atoms with Gasteiger partial charge < -0.3 is 4.42 Å². The molecule has 0 bridgehead atoms. The molecule has 0 saturated carbocycles. The zero-order valence-corrected chi connectivity index (χ0v) is 24.7. The molecule has 0 saturated heterocycles. The summed E-state index contributed by atoms with van der Waals surface area (Å²) < 4.78 is 6.19. The van der Waals surface area contributed by atoms with Gasteiger partial charge in [0.1, 0.15) is 89.6 Å². The Labute approximate surface area is 283 Å². The van der Waals surface area contributed by atoms with Crippen LogP contribution in [0, 0.1) is 0 Å². The zero-order chi connectivity index (χ0) is 33.0. The van der Waals surface area contributed by atoms with Crippen LogP contribution in [0.1, 0.15) is 0 Å². The van der Waals surface area contributed by atoms with E-state index >= 15 is 0 Å². The SMILES string of the molecule is [B]c1c([B])c([B])c(-c2nc(-c3ccc4c(c3)c3cccc5oc6cccc4c6c53)nc(-c3c([B])c([B])c([B])c([B])c3[B])n2)c([B])c1[B]. The molecule has 2 aromatic heterocycles. The Balaban J connectivity index is 1.47. The fourth-order valence-corrected chi connectivity index (χ4v) is 6.37. The average molecular weight is 572 g/mol. The van der Waals surface area contributed by atoms with Gasteiger partial charge in [0.25, 0.3) is 0 Å². The van der Waals surface area contributed by atoms with Gasteiger partial charge in [-0.1, -0.05) is 58.2 Å². The summed E-state index contributed by atoms with van der Waals surface area (Å²) >= 11 is 0. The highest BCUT2D eigenvalue weighted by Gasteiger charge is 2.22. The summed E-state index contributed by atoms with van der Waals surface area (Å²) in [6.45, 7) is 0. The number of furan rings is 1. The van der Waals surface area contributed by atoms with Crippen LogP contribution in [-0.4, -0.2) is 93.4 Å². The second kappa shape index (κ2) is 10.5. The molecule has 8 rings (SSSR count). The molecule has 8 aromatic rings. The van der Waals surface area contributed by atoms with Crippen molar-refractivity contribution in [3.63, 3.8) is 0 Å². The van der Waals surface area contributed by atoms with Gasteiger partial charge in [0.15, 0.2) is 17.5 Å². The van der Waals surface area contributed by atoms with E-state index in [2.05, 4.69) is 17.1 Å². The van der Waals surface area contributed by atoms with Gasteiger partial charge in [-0.15, -0.1) is 32.8 Å². The van der Waals surface area contributed by atoms with E-state index in [4.69, 9.17) is 92.8 Å². The molecular formula is C33H9B10N3O. The molecule has 192 valence electrons. The molecule has 0 fully saturated rings. The van der Waals surface area contributed by atoms with Gasteiger partial charge in [-0.2, -0.15) is 0 Å². The van der Waals surface area contributed by atoms with Gasteiger partial charge in [0.05, 0.1) is 0 Å². The molecule has 0 unspecified atom stereocenters. The maximum absolute atomic E-state index is 6.44. The third-order valence-electron chi connectivity index (χ3n) is 8.86. The molecule has 20 radical (unpaired) electrons. The normalized spacial score (nSPS) is 11.8. The third-order valence-corrected chi connectivity index (χ3v) is 8.86. The van der Waals surface area contributed by atoms with E-state index in [0.717, 1.165) is 43.5 Å². The van der Waals surface area contributed by atoms with Crippen LogP contribution in [0.15, 0.2) is 59.0 Å². The van der Waals surface area contributed by atoms with Crippen molar-refractivity contribution in [2.45, 2.75) is 0 Å². The zero-order valence-electron chi connectivity index (χ0n) is 24.7. The quantitative estimate of drug-likeness (QED) is 0.163. The first kappa shape index (κ1) is 29.9. The first-order valence-corrected chi connectivity index (χ1v) is 14.4. The van der Waals surface area contributed by atoms with Crippen molar-refractivity contribution >= 4 is 177 Å². The molecule has 0 spiro atoms. The van der Waals surface area contributed by atoms with Crippen molar-refractivity contribution in [2.75, 3.05) is 0 Å². The lowest BCUT2D eigenvalue weighted by atomic mass is 9.60. The highest BCUT2D eigenvalue weighted by atomic mass is 16.3. The van der Waals surface area contributed by atoms with E-state index in [1.165, 1.54) is 0 Å². The first-order valence-electron chi connectivity index (χ1n) is 14.4. The van der Waals surface area contributed by atoms with Crippen molar-refractivity contribution in [3.05, 3.63) is 54.6 Å². The predicted molar refractivity (Wildman–Crippen MR) is 203 cm³/mol. The minimum absolute atomic E-state index is 0.0298. The van der Waals surface area contributed by atoms with Gasteiger partial charge in [-0.25, -0.2) is 15.0 Å². The number of rotatable bonds is 3. The molecule has 0 aliphatic heterocycles. The second-order valence-corrected chi connectivity index (χ2v) is 11.4. The van der Waals surface area contributed by atoms with E-state index in [9.17, 15) is 0 Å². The Morgan fingerprint density at radius 1 is 0.383 bits per heavy atom. The van der Waals surface area contributed by atoms with Crippen molar-refractivity contribution in [2.24, 2.45) is 0 Å². The van der Waals surface area contributed by atoms with Gasteiger partial charge in [-0.05, 0) is 39.7 Å². The molecule has 47 heavy (non-hydrogen) atoms. The summed E-state index contributed by atoms with van der Waals surface area (Å²) in [5, 5.41) is 6.14. The van der Waals surface area contributed by atoms with Crippen molar-refractivity contribution in [1.29, 1.82) is 0 Å². The standard InChI is InChI=1S/C33H9B10N3O/c34-21-19(22(35)26(39)29(42)25(21)38)32-44-31(45-33(46-32)20-23(36)27(40)30(43)28(41)24(20)37)10-7-8-11-12-3-1-5-15-17(12)18-13(14(11)9-10)4-2-6-16(18)47-15/h1-9H. The van der Waals surface area contributed by atoms with Gasteiger partial charge in [0, 0.05) is 27.5 Å². The summed E-state index contributed by atoms with van der Waals surface area (Å²) in [4.78, 5) is 14.3. The van der Waals surface area contributed by atoms with Crippen LogP contribution in [0.5, 0.6) is 0 Å². The van der Waals surface area contributed by atoms with Crippen LogP contribution in [-0.2, 0) is 0 Å². The number of hydrogen-bond acceptors (Lipinski definition) is 4. The summed E-state index contributed by atoms with van der Waals surface area (Å²) in [7, 11) is 62.8. The van der Waals surface area contributed by atoms with Crippen molar-refractivity contribution in [3.8, 4) is 34.2 Å². The molecule has 0 atom stereocenters.